The molecule has 3 aromatic rings. The van der Waals surface area contributed by atoms with E-state index >= 15 is 0 Å². The van der Waals surface area contributed by atoms with Crippen molar-refractivity contribution in [3.8, 4) is 5.69 Å². The third-order valence-corrected chi connectivity index (χ3v) is 4.18. The minimum Gasteiger partial charge on any atom is -0.272 e. The van der Waals surface area contributed by atoms with E-state index in [1.165, 1.54) is 22.8 Å². The van der Waals surface area contributed by atoms with Crippen LogP contribution in [0.4, 0.5) is 5.95 Å². The fourth-order valence-electron chi connectivity index (χ4n) is 2.15. The van der Waals surface area contributed by atoms with Crippen molar-refractivity contribution in [1.82, 2.24) is 35.0 Å². The van der Waals surface area contributed by atoms with Crippen molar-refractivity contribution in [3.63, 3.8) is 0 Å². The third-order valence-electron chi connectivity index (χ3n) is 3.19. The van der Waals surface area contributed by atoms with Crippen molar-refractivity contribution < 1.29 is 4.79 Å². The molecule has 9 nitrogen and oxygen atoms in total. The van der Waals surface area contributed by atoms with E-state index in [1.54, 1.807) is 4.68 Å². The van der Waals surface area contributed by atoms with Gasteiger partial charge in [0.1, 0.15) is 6.33 Å². The molecular formula is C13H10N8OS. The van der Waals surface area contributed by atoms with Crippen LogP contribution in [-0.4, -0.2) is 52.3 Å². The lowest BCUT2D eigenvalue weighted by Gasteiger charge is -2.11. The highest BCUT2D eigenvalue weighted by Gasteiger charge is 2.21. The molecule has 1 aliphatic rings. The summed E-state index contributed by atoms with van der Waals surface area (Å²) in [7, 11) is 0. The number of rotatable bonds is 4. The Hall–Kier alpha value is -2.88. The Kier molecular flexibility index (Phi) is 3.42. The fourth-order valence-corrected chi connectivity index (χ4v) is 2.97. The number of carbonyl (C=O) groups excluding carboxylic acids is 1. The number of tetrazole rings is 1. The molecule has 10 heteroatoms. The lowest BCUT2D eigenvalue weighted by Crippen LogP contribution is -2.22. The Morgan fingerprint density at radius 1 is 1.17 bits per heavy atom. The maximum Gasteiger partial charge on any atom is 0.255 e. The monoisotopic (exact) mass is 326 g/mol. The van der Waals surface area contributed by atoms with Gasteiger partial charge in [0, 0.05) is 11.5 Å². The van der Waals surface area contributed by atoms with Gasteiger partial charge in [0.05, 0.1) is 12.1 Å². The molecule has 0 bridgehead atoms. The van der Waals surface area contributed by atoms with Gasteiger partial charge in [0.15, 0.2) is 0 Å². The van der Waals surface area contributed by atoms with Crippen molar-refractivity contribution in [2.24, 2.45) is 4.99 Å². The molecule has 3 heterocycles. The number of carbonyl (C=O) groups is 1. The lowest BCUT2D eigenvalue weighted by molar-refractivity contribution is 0.0906. The first kappa shape index (κ1) is 13.8. The first-order chi connectivity index (χ1) is 11.3. The van der Waals surface area contributed by atoms with Gasteiger partial charge in [-0.1, -0.05) is 30.0 Å². The van der Waals surface area contributed by atoms with Gasteiger partial charge in [-0.25, -0.2) is 4.99 Å². The van der Waals surface area contributed by atoms with Crippen molar-refractivity contribution in [2.45, 2.75) is 11.6 Å². The number of aromatic nitrogens is 7. The molecule has 0 saturated carbocycles. The second-order valence-corrected chi connectivity index (χ2v) is 5.66. The molecular weight excluding hydrogens is 316 g/mol. The van der Waals surface area contributed by atoms with Crippen LogP contribution in [0.3, 0.4) is 0 Å². The van der Waals surface area contributed by atoms with E-state index in [0.717, 1.165) is 11.4 Å². The summed E-state index contributed by atoms with van der Waals surface area (Å²) in [6, 6.07) is 9.61. The second kappa shape index (κ2) is 5.72. The molecule has 0 unspecified atom stereocenters. The van der Waals surface area contributed by atoms with Crippen LogP contribution in [0.25, 0.3) is 5.69 Å². The summed E-state index contributed by atoms with van der Waals surface area (Å²) in [5.41, 5.74) is 1.60. The minimum absolute atomic E-state index is 0.134. The molecule has 4 rings (SSSR count). The lowest BCUT2D eigenvalue weighted by atomic mass is 10.2. The van der Waals surface area contributed by atoms with Crippen LogP contribution < -0.4 is 0 Å². The fraction of sp³-hybridized carbons (Fsp3) is 0.154. The number of aliphatic imine (C=N–C) groups is 1. The number of para-hydroxylation sites is 1. The van der Waals surface area contributed by atoms with E-state index < -0.39 is 0 Å². The molecule has 0 radical (unpaired) electrons. The van der Waals surface area contributed by atoms with Gasteiger partial charge < -0.3 is 0 Å². The average molecular weight is 326 g/mol. The molecule has 0 saturated heterocycles. The van der Waals surface area contributed by atoms with E-state index in [4.69, 9.17) is 0 Å². The first-order valence-corrected chi connectivity index (χ1v) is 7.76. The summed E-state index contributed by atoms with van der Waals surface area (Å²) in [5.74, 6) is 0.691. The van der Waals surface area contributed by atoms with Gasteiger partial charge in [-0.2, -0.15) is 19.4 Å². The highest BCUT2D eigenvalue weighted by Crippen LogP contribution is 2.22. The Labute approximate surface area is 134 Å². The van der Waals surface area contributed by atoms with E-state index in [2.05, 4.69) is 30.6 Å². The molecule has 0 fully saturated rings. The molecule has 0 spiro atoms. The van der Waals surface area contributed by atoms with E-state index in [1.807, 2.05) is 30.3 Å². The molecule has 114 valence electrons. The Balaban J connectivity index is 1.53. The van der Waals surface area contributed by atoms with Gasteiger partial charge in [0.2, 0.25) is 5.16 Å². The molecule has 0 aliphatic carbocycles. The van der Waals surface area contributed by atoms with Gasteiger partial charge >= 0.3 is 0 Å². The number of hydrogen-bond acceptors (Lipinski definition) is 8. The Morgan fingerprint density at radius 2 is 2.04 bits per heavy atom. The Morgan fingerprint density at radius 3 is 2.91 bits per heavy atom. The molecule has 1 aromatic carbocycles. The smallest absolute Gasteiger partial charge is 0.255 e. The number of hydrogen-bond donors (Lipinski definition) is 0. The van der Waals surface area contributed by atoms with Gasteiger partial charge in [-0.15, -0.1) is 5.10 Å². The van der Waals surface area contributed by atoms with E-state index in [0.29, 0.717) is 16.9 Å². The first-order valence-electron chi connectivity index (χ1n) is 6.77. The van der Waals surface area contributed by atoms with Crippen molar-refractivity contribution in [1.29, 1.82) is 0 Å². The molecule has 1 aliphatic heterocycles. The zero-order chi connectivity index (χ0) is 15.6. The quantitative estimate of drug-likeness (QED) is 0.663. The molecule has 0 amide bonds. The molecule has 23 heavy (non-hydrogen) atoms. The second-order valence-electron chi connectivity index (χ2n) is 4.72. The summed E-state index contributed by atoms with van der Waals surface area (Å²) >= 11 is 1.42. The number of thioether (sulfide) groups is 1. The molecule has 0 atom stereocenters. The van der Waals surface area contributed by atoms with Gasteiger partial charge in [0.25, 0.3) is 11.9 Å². The number of benzene rings is 1. The van der Waals surface area contributed by atoms with E-state index in [-0.39, 0.29) is 12.3 Å². The van der Waals surface area contributed by atoms with Crippen LogP contribution in [0.2, 0.25) is 0 Å². The minimum atomic E-state index is -0.134. The number of nitrogens with zero attached hydrogens (tertiary/aromatic N) is 8. The average Bonchev–Trinajstić information content (AvgIpc) is 3.23. The van der Waals surface area contributed by atoms with Crippen LogP contribution in [0.1, 0.15) is 11.2 Å². The standard InChI is InChI=1S/C13H10N8OS/c22-11-6-9(16-12-14-8-15-21(11)12)7-23-13-17-18-19-20(13)10-4-2-1-3-5-10/h1-5,8H,6-7H2. The van der Waals surface area contributed by atoms with Gasteiger partial charge in [-0.3, -0.25) is 4.79 Å². The van der Waals surface area contributed by atoms with E-state index in [9.17, 15) is 4.79 Å². The van der Waals surface area contributed by atoms with Crippen LogP contribution in [0.15, 0.2) is 46.8 Å². The third kappa shape index (κ3) is 2.63. The highest BCUT2D eigenvalue weighted by molar-refractivity contribution is 7.99. The topological polar surface area (TPSA) is 104 Å². The number of fused-ring (bicyclic) bond motifs is 1. The largest absolute Gasteiger partial charge is 0.272 e. The summed E-state index contributed by atoms with van der Waals surface area (Å²) in [6.07, 6.45) is 1.54. The van der Waals surface area contributed by atoms with Crippen LogP contribution in [0.5, 0.6) is 0 Å². The maximum absolute atomic E-state index is 11.9. The maximum atomic E-state index is 11.9. The molecule has 2 aromatic heterocycles. The normalized spacial score (nSPS) is 13.7. The SMILES string of the molecule is O=C1CC(CSc2nnnn2-c2ccccc2)=Nc2ncnn21. The predicted octanol–water partition coefficient (Wildman–Crippen LogP) is 1.16. The zero-order valence-electron chi connectivity index (χ0n) is 11.8. The van der Waals surface area contributed by atoms with Crippen molar-refractivity contribution in [2.75, 3.05) is 5.75 Å². The summed E-state index contributed by atoms with van der Waals surface area (Å²) in [6.45, 7) is 0. The summed E-state index contributed by atoms with van der Waals surface area (Å²) in [4.78, 5) is 20.2. The summed E-state index contributed by atoms with van der Waals surface area (Å²) < 4.78 is 2.86. The Bertz CT molecular complexity index is 884. The van der Waals surface area contributed by atoms with Crippen molar-refractivity contribution in [3.05, 3.63) is 36.7 Å². The predicted molar refractivity (Wildman–Crippen MR) is 82.2 cm³/mol. The van der Waals surface area contributed by atoms with Crippen LogP contribution >= 0.6 is 11.8 Å². The highest BCUT2D eigenvalue weighted by atomic mass is 32.2. The zero-order valence-corrected chi connectivity index (χ0v) is 12.6. The molecule has 0 N–H and O–H groups in total. The van der Waals surface area contributed by atoms with Crippen LogP contribution in [-0.2, 0) is 0 Å². The summed E-state index contributed by atoms with van der Waals surface area (Å²) in [5, 5.41) is 16.2. The van der Waals surface area contributed by atoms with Crippen LogP contribution in [0, 0.1) is 0 Å². The van der Waals surface area contributed by atoms with Gasteiger partial charge in [-0.05, 0) is 22.6 Å². The van der Waals surface area contributed by atoms with Crippen molar-refractivity contribution >= 4 is 29.3 Å².